The van der Waals surface area contributed by atoms with Crippen molar-refractivity contribution >= 4 is 34.9 Å². The Morgan fingerprint density at radius 2 is 2.17 bits per heavy atom. The fourth-order valence-electron chi connectivity index (χ4n) is 1.40. The van der Waals surface area contributed by atoms with Crippen LogP contribution in [-0.2, 0) is 5.88 Å². The quantitative estimate of drug-likeness (QED) is 0.872. The normalized spacial score (nSPS) is 10.4. The lowest BCUT2D eigenvalue weighted by atomic mass is 10.2. The van der Waals surface area contributed by atoms with Crippen molar-refractivity contribution in [2.45, 2.75) is 12.8 Å². The zero-order chi connectivity index (χ0) is 13.1. The van der Waals surface area contributed by atoms with Crippen LogP contribution in [0, 0.1) is 6.92 Å². The molecule has 0 bridgehead atoms. The van der Waals surface area contributed by atoms with Crippen LogP contribution in [-0.4, -0.2) is 17.3 Å². The van der Waals surface area contributed by atoms with Crippen LogP contribution in [0.3, 0.4) is 0 Å². The summed E-state index contributed by atoms with van der Waals surface area (Å²) in [6.45, 7) is 1.89. The standard InChI is InChI=1S/C11H11Cl2N3O2/c1-6-3-8(9(17-2)4-7(6)13)14-11-16-15-10(5-12)18-11/h3-4H,5H2,1-2H3,(H,14,16). The molecule has 0 saturated heterocycles. The molecular formula is C11H11Cl2N3O2. The Hall–Kier alpha value is -1.46. The van der Waals surface area contributed by atoms with Crippen molar-refractivity contribution in [3.8, 4) is 5.75 Å². The maximum Gasteiger partial charge on any atom is 0.320 e. The summed E-state index contributed by atoms with van der Waals surface area (Å²) in [5, 5.41) is 11.2. The number of alkyl halides is 1. The van der Waals surface area contributed by atoms with E-state index in [1.807, 2.05) is 13.0 Å². The largest absolute Gasteiger partial charge is 0.495 e. The molecule has 0 fully saturated rings. The van der Waals surface area contributed by atoms with Gasteiger partial charge in [0, 0.05) is 11.1 Å². The van der Waals surface area contributed by atoms with E-state index in [1.165, 1.54) is 0 Å². The molecule has 1 aromatic carbocycles. The zero-order valence-electron chi connectivity index (χ0n) is 9.83. The monoisotopic (exact) mass is 287 g/mol. The van der Waals surface area contributed by atoms with E-state index in [-0.39, 0.29) is 11.9 Å². The van der Waals surface area contributed by atoms with Crippen molar-refractivity contribution < 1.29 is 9.15 Å². The molecule has 1 heterocycles. The molecule has 0 saturated carbocycles. The van der Waals surface area contributed by atoms with Gasteiger partial charge in [0.1, 0.15) is 11.6 Å². The average Bonchev–Trinajstić information content (AvgIpc) is 2.81. The topological polar surface area (TPSA) is 60.2 Å². The Kier molecular flexibility index (Phi) is 3.93. The first-order chi connectivity index (χ1) is 8.63. The van der Waals surface area contributed by atoms with Gasteiger partial charge in [-0.25, -0.2) is 0 Å². The van der Waals surface area contributed by atoms with Gasteiger partial charge >= 0.3 is 6.01 Å². The Morgan fingerprint density at radius 1 is 1.39 bits per heavy atom. The summed E-state index contributed by atoms with van der Waals surface area (Å²) in [6.07, 6.45) is 0. The molecule has 0 aliphatic rings. The highest BCUT2D eigenvalue weighted by Crippen LogP contribution is 2.32. The molecule has 0 unspecified atom stereocenters. The summed E-state index contributed by atoms with van der Waals surface area (Å²) in [5.74, 6) is 1.12. The number of nitrogens with zero attached hydrogens (tertiary/aromatic N) is 2. The first-order valence-electron chi connectivity index (χ1n) is 5.13. The van der Waals surface area contributed by atoms with E-state index >= 15 is 0 Å². The molecular weight excluding hydrogens is 277 g/mol. The summed E-state index contributed by atoms with van der Waals surface area (Å²) in [5.41, 5.74) is 1.61. The van der Waals surface area contributed by atoms with Crippen molar-refractivity contribution in [3.05, 3.63) is 28.6 Å². The van der Waals surface area contributed by atoms with Gasteiger partial charge in [0.2, 0.25) is 5.89 Å². The van der Waals surface area contributed by atoms with Gasteiger partial charge in [0.25, 0.3) is 0 Å². The Bertz CT molecular complexity index is 557. The predicted octanol–water partition coefficient (Wildman–Crippen LogP) is 3.52. The number of anilines is 2. The Balaban J connectivity index is 2.30. The van der Waals surface area contributed by atoms with Gasteiger partial charge in [0.05, 0.1) is 12.8 Å². The molecule has 1 aromatic heterocycles. The summed E-state index contributed by atoms with van der Waals surface area (Å²) >= 11 is 11.6. The molecule has 7 heteroatoms. The molecule has 2 rings (SSSR count). The minimum Gasteiger partial charge on any atom is -0.495 e. The van der Waals surface area contributed by atoms with Crippen LogP contribution in [0.1, 0.15) is 11.5 Å². The van der Waals surface area contributed by atoms with Crippen molar-refractivity contribution in [1.29, 1.82) is 0 Å². The highest BCUT2D eigenvalue weighted by molar-refractivity contribution is 6.31. The zero-order valence-corrected chi connectivity index (χ0v) is 11.3. The molecule has 2 aromatic rings. The van der Waals surface area contributed by atoms with Gasteiger partial charge in [-0.05, 0) is 18.6 Å². The summed E-state index contributed by atoms with van der Waals surface area (Å²) in [4.78, 5) is 0. The molecule has 0 spiro atoms. The minimum absolute atomic E-state index is 0.172. The van der Waals surface area contributed by atoms with Crippen molar-refractivity contribution in [3.63, 3.8) is 0 Å². The third kappa shape index (κ3) is 2.68. The molecule has 0 aliphatic carbocycles. The first-order valence-corrected chi connectivity index (χ1v) is 6.04. The van der Waals surface area contributed by atoms with Crippen LogP contribution < -0.4 is 10.1 Å². The second-order valence-electron chi connectivity index (χ2n) is 3.56. The number of aromatic nitrogens is 2. The van der Waals surface area contributed by atoms with Crippen LogP contribution >= 0.6 is 23.2 Å². The fourth-order valence-corrected chi connectivity index (χ4v) is 1.66. The van der Waals surface area contributed by atoms with E-state index in [0.717, 1.165) is 5.56 Å². The second kappa shape index (κ2) is 5.46. The van der Waals surface area contributed by atoms with Crippen molar-refractivity contribution in [1.82, 2.24) is 10.2 Å². The Morgan fingerprint density at radius 3 is 2.78 bits per heavy atom. The van der Waals surface area contributed by atoms with E-state index in [9.17, 15) is 0 Å². The first kappa shape index (κ1) is 13.0. The lowest BCUT2D eigenvalue weighted by Gasteiger charge is -2.10. The summed E-state index contributed by atoms with van der Waals surface area (Å²) in [7, 11) is 1.56. The van der Waals surface area contributed by atoms with Crippen LogP contribution in [0.2, 0.25) is 5.02 Å². The number of ether oxygens (including phenoxy) is 1. The minimum atomic E-state index is 0.172. The van der Waals surface area contributed by atoms with E-state index in [4.69, 9.17) is 32.4 Å². The molecule has 96 valence electrons. The highest BCUT2D eigenvalue weighted by atomic mass is 35.5. The van der Waals surface area contributed by atoms with Crippen molar-refractivity contribution in [2.75, 3.05) is 12.4 Å². The second-order valence-corrected chi connectivity index (χ2v) is 4.24. The smallest absolute Gasteiger partial charge is 0.320 e. The lowest BCUT2D eigenvalue weighted by Crippen LogP contribution is -1.96. The number of halogens is 2. The van der Waals surface area contributed by atoms with Gasteiger partial charge in [-0.1, -0.05) is 16.7 Å². The third-order valence-corrected chi connectivity index (χ3v) is 2.94. The molecule has 18 heavy (non-hydrogen) atoms. The van der Waals surface area contributed by atoms with Gasteiger partial charge in [-0.3, -0.25) is 0 Å². The number of methoxy groups -OCH3 is 1. The van der Waals surface area contributed by atoms with Crippen LogP contribution in [0.15, 0.2) is 16.5 Å². The maximum atomic E-state index is 6.02. The number of hydrogen-bond acceptors (Lipinski definition) is 5. The molecule has 0 atom stereocenters. The van der Waals surface area contributed by atoms with Gasteiger partial charge in [-0.2, -0.15) is 0 Å². The number of hydrogen-bond donors (Lipinski definition) is 1. The third-order valence-electron chi connectivity index (χ3n) is 2.30. The Labute approximate surface area is 114 Å². The van der Waals surface area contributed by atoms with Gasteiger partial charge in [-0.15, -0.1) is 16.7 Å². The number of nitrogens with one attached hydrogen (secondary N) is 1. The SMILES string of the molecule is COc1cc(Cl)c(C)cc1Nc1nnc(CCl)o1. The number of rotatable bonds is 4. The van der Waals surface area contributed by atoms with Crippen LogP contribution in [0.5, 0.6) is 5.75 Å². The molecule has 0 aliphatic heterocycles. The average molecular weight is 288 g/mol. The van der Waals surface area contributed by atoms with Crippen LogP contribution in [0.4, 0.5) is 11.7 Å². The molecule has 1 N–H and O–H groups in total. The summed E-state index contributed by atoms with van der Waals surface area (Å²) < 4.78 is 10.5. The van der Waals surface area contributed by atoms with E-state index in [1.54, 1.807) is 13.2 Å². The summed E-state index contributed by atoms with van der Waals surface area (Å²) in [6, 6.07) is 3.81. The number of aryl methyl sites for hydroxylation is 1. The fraction of sp³-hybridized carbons (Fsp3) is 0.273. The molecule has 0 radical (unpaired) electrons. The van der Waals surface area contributed by atoms with E-state index < -0.39 is 0 Å². The van der Waals surface area contributed by atoms with Gasteiger partial charge in [0.15, 0.2) is 0 Å². The van der Waals surface area contributed by atoms with Gasteiger partial charge < -0.3 is 14.5 Å². The number of benzene rings is 1. The van der Waals surface area contributed by atoms with Crippen LogP contribution in [0.25, 0.3) is 0 Å². The molecule has 5 nitrogen and oxygen atoms in total. The van der Waals surface area contributed by atoms with Crippen molar-refractivity contribution in [2.24, 2.45) is 0 Å². The highest BCUT2D eigenvalue weighted by Gasteiger charge is 2.11. The van der Waals surface area contributed by atoms with E-state index in [0.29, 0.717) is 22.4 Å². The predicted molar refractivity (Wildman–Crippen MR) is 69.9 cm³/mol. The molecule has 0 amide bonds. The maximum absolute atomic E-state index is 6.02. The van der Waals surface area contributed by atoms with E-state index in [2.05, 4.69) is 15.5 Å². The lowest BCUT2D eigenvalue weighted by molar-refractivity contribution is 0.416.